The first-order chi connectivity index (χ1) is 22.3. The van der Waals surface area contributed by atoms with Crippen LogP contribution in [0.5, 0.6) is 11.5 Å². The molecule has 1 saturated heterocycles. The van der Waals surface area contributed by atoms with Crippen molar-refractivity contribution in [1.82, 2.24) is 19.8 Å². The molecule has 0 bridgehead atoms. The van der Waals surface area contributed by atoms with Gasteiger partial charge in [-0.3, -0.25) is 14.4 Å². The standard InChI is InChI=1S/C34H30FN7O4/c35-27-17-24(6-7-25(27)19-36)32-31(33-38-13-16-42(33)34(39-32)41-14-11-26(37)12-15-41)23-8-9-29(28(43)18-23)46-20-22-3-1-21(2-4-22)5-10-30(44)40-45/h1-10,13,16-18,26,43,45H,11-12,14-15,20,37H2,(H,40,44)/b10-5+. The molecule has 2 aromatic heterocycles. The van der Waals surface area contributed by atoms with E-state index in [9.17, 15) is 19.6 Å². The van der Waals surface area contributed by atoms with Gasteiger partial charge in [0.15, 0.2) is 11.5 Å². The molecule has 1 amide bonds. The van der Waals surface area contributed by atoms with Gasteiger partial charge in [-0.1, -0.05) is 36.4 Å². The number of aromatic nitrogens is 3. The lowest BCUT2D eigenvalue weighted by molar-refractivity contribution is -0.124. The first-order valence-corrected chi connectivity index (χ1v) is 14.6. The van der Waals surface area contributed by atoms with E-state index in [1.807, 2.05) is 28.8 Å². The average molecular weight is 620 g/mol. The van der Waals surface area contributed by atoms with E-state index in [0.29, 0.717) is 47.1 Å². The molecule has 0 saturated carbocycles. The highest BCUT2D eigenvalue weighted by atomic mass is 19.1. The van der Waals surface area contributed by atoms with Crippen molar-refractivity contribution in [3.8, 4) is 40.0 Å². The van der Waals surface area contributed by atoms with Gasteiger partial charge in [-0.2, -0.15) is 5.26 Å². The quantitative estimate of drug-likeness (QED) is 0.109. The van der Waals surface area contributed by atoms with Crippen molar-refractivity contribution in [2.24, 2.45) is 5.73 Å². The number of nitrogens with two attached hydrogens (primary N) is 1. The Hall–Kier alpha value is -5.77. The van der Waals surface area contributed by atoms with Crippen LogP contribution in [0.4, 0.5) is 10.3 Å². The first-order valence-electron chi connectivity index (χ1n) is 14.6. The highest BCUT2D eigenvalue weighted by Crippen LogP contribution is 2.40. The largest absolute Gasteiger partial charge is 0.504 e. The van der Waals surface area contributed by atoms with Crippen LogP contribution in [0, 0.1) is 17.1 Å². The van der Waals surface area contributed by atoms with Crippen molar-refractivity contribution in [1.29, 1.82) is 5.26 Å². The highest BCUT2D eigenvalue weighted by molar-refractivity contribution is 5.92. The van der Waals surface area contributed by atoms with Crippen molar-refractivity contribution in [2.45, 2.75) is 25.5 Å². The number of nitriles is 1. The summed E-state index contributed by atoms with van der Waals surface area (Å²) in [5, 5.41) is 29.0. The third-order valence-corrected chi connectivity index (χ3v) is 7.87. The molecule has 1 fully saturated rings. The smallest absolute Gasteiger partial charge is 0.267 e. The second-order valence-corrected chi connectivity index (χ2v) is 10.9. The van der Waals surface area contributed by atoms with Crippen LogP contribution in [-0.4, -0.2) is 49.7 Å². The monoisotopic (exact) mass is 619 g/mol. The number of rotatable bonds is 8. The molecule has 46 heavy (non-hydrogen) atoms. The summed E-state index contributed by atoms with van der Waals surface area (Å²) < 4.78 is 22.7. The number of anilines is 1. The number of phenols is 1. The number of halogens is 1. The van der Waals surface area contributed by atoms with Gasteiger partial charge in [0, 0.05) is 43.2 Å². The Morgan fingerprint density at radius 1 is 1.13 bits per heavy atom. The van der Waals surface area contributed by atoms with Crippen molar-refractivity contribution >= 4 is 23.6 Å². The Morgan fingerprint density at radius 2 is 1.89 bits per heavy atom. The number of ether oxygens (including phenoxy) is 1. The van der Waals surface area contributed by atoms with Crippen molar-refractivity contribution < 1.29 is 24.2 Å². The minimum absolute atomic E-state index is 0.0724. The normalized spacial score (nSPS) is 13.7. The zero-order chi connectivity index (χ0) is 32.2. The molecule has 1 aliphatic heterocycles. The van der Waals surface area contributed by atoms with Crippen LogP contribution in [0.2, 0.25) is 0 Å². The number of hydrogen-bond donors (Lipinski definition) is 4. The van der Waals surface area contributed by atoms with Crippen molar-refractivity contribution in [2.75, 3.05) is 18.0 Å². The molecule has 11 nitrogen and oxygen atoms in total. The lowest BCUT2D eigenvalue weighted by Gasteiger charge is -2.32. The Balaban J connectivity index is 1.34. The number of benzene rings is 3. The van der Waals surface area contributed by atoms with E-state index in [1.165, 1.54) is 23.7 Å². The van der Waals surface area contributed by atoms with Gasteiger partial charge in [-0.05, 0) is 59.9 Å². The van der Waals surface area contributed by atoms with Gasteiger partial charge < -0.3 is 20.5 Å². The minimum atomic E-state index is -0.659. The summed E-state index contributed by atoms with van der Waals surface area (Å²) in [5.41, 5.74) is 11.8. The molecular weight excluding hydrogens is 589 g/mol. The van der Waals surface area contributed by atoms with E-state index >= 15 is 0 Å². The number of amides is 1. The summed E-state index contributed by atoms with van der Waals surface area (Å²) in [6.45, 7) is 1.58. The number of carbonyl (C=O) groups is 1. The topological polar surface area (TPSA) is 162 Å². The van der Waals surface area contributed by atoms with Gasteiger partial charge in [0.2, 0.25) is 5.95 Å². The number of nitrogens with zero attached hydrogens (tertiary/aromatic N) is 5. The Kier molecular flexibility index (Phi) is 8.60. The first kappa shape index (κ1) is 30.3. The van der Waals surface area contributed by atoms with E-state index in [-0.39, 0.29) is 29.7 Å². The number of phenolic OH excluding ortho intramolecular Hbond substituents is 1. The molecule has 5 aromatic rings. The maximum Gasteiger partial charge on any atom is 0.267 e. The molecule has 232 valence electrons. The summed E-state index contributed by atoms with van der Waals surface area (Å²) >= 11 is 0. The molecule has 3 aromatic carbocycles. The molecular formula is C34H30FN7O4. The Labute approximate surface area is 263 Å². The molecule has 6 rings (SSSR count). The van der Waals surface area contributed by atoms with E-state index in [0.717, 1.165) is 24.0 Å². The second-order valence-electron chi connectivity index (χ2n) is 10.9. The van der Waals surface area contributed by atoms with Crippen LogP contribution < -0.4 is 20.9 Å². The fourth-order valence-corrected chi connectivity index (χ4v) is 5.41. The van der Waals surface area contributed by atoms with Crippen LogP contribution in [0.3, 0.4) is 0 Å². The number of hydrogen-bond acceptors (Lipinski definition) is 9. The van der Waals surface area contributed by atoms with Crippen LogP contribution in [0.25, 0.3) is 34.1 Å². The molecule has 0 atom stereocenters. The van der Waals surface area contributed by atoms with Gasteiger partial charge in [0.05, 0.1) is 16.8 Å². The highest BCUT2D eigenvalue weighted by Gasteiger charge is 2.25. The van der Waals surface area contributed by atoms with Gasteiger partial charge in [0.1, 0.15) is 24.1 Å². The predicted molar refractivity (Wildman–Crippen MR) is 169 cm³/mol. The number of piperidine rings is 1. The lowest BCUT2D eigenvalue weighted by Crippen LogP contribution is -2.40. The number of carbonyl (C=O) groups excluding carboxylic acids is 1. The maximum absolute atomic E-state index is 14.9. The zero-order valence-corrected chi connectivity index (χ0v) is 24.6. The van der Waals surface area contributed by atoms with Crippen LogP contribution >= 0.6 is 0 Å². The molecule has 0 spiro atoms. The summed E-state index contributed by atoms with van der Waals surface area (Å²) in [6, 6.07) is 18.6. The number of imidazole rings is 1. The molecule has 1 aliphatic rings. The van der Waals surface area contributed by atoms with Crippen molar-refractivity contribution in [3.63, 3.8) is 0 Å². The molecule has 0 radical (unpaired) electrons. The number of hydroxylamine groups is 1. The Morgan fingerprint density at radius 3 is 2.59 bits per heavy atom. The SMILES string of the molecule is N#Cc1ccc(-c2nc(N3CCC(N)CC3)n3ccnc3c2-c2ccc(OCc3ccc(/C=C/C(=O)NO)cc3)c(O)c2)cc1F. The van der Waals surface area contributed by atoms with Crippen molar-refractivity contribution in [3.05, 3.63) is 102 Å². The molecule has 0 unspecified atom stereocenters. The van der Waals surface area contributed by atoms with Crippen LogP contribution in [-0.2, 0) is 11.4 Å². The summed E-state index contributed by atoms with van der Waals surface area (Å²) in [4.78, 5) is 23.0. The molecule has 12 heteroatoms. The minimum Gasteiger partial charge on any atom is -0.504 e. The van der Waals surface area contributed by atoms with E-state index in [1.54, 1.807) is 48.7 Å². The van der Waals surface area contributed by atoms with E-state index in [4.69, 9.17) is 20.7 Å². The number of nitrogens with one attached hydrogen (secondary N) is 1. The van der Waals surface area contributed by atoms with Crippen LogP contribution in [0.1, 0.15) is 29.5 Å². The summed E-state index contributed by atoms with van der Waals surface area (Å²) in [6.07, 6.45) is 7.86. The maximum atomic E-state index is 14.9. The second kappa shape index (κ2) is 13.1. The fraction of sp³-hybridized carbons (Fsp3) is 0.176. The van der Waals surface area contributed by atoms with Crippen LogP contribution in [0.15, 0.2) is 79.1 Å². The number of aromatic hydroxyl groups is 1. The van der Waals surface area contributed by atoms with E-state index < -0.39 is 11.7 Å². The molecule has 5 N–H and O–H groups in total. The number of fused-ring (bicyclic) bond motifs is 1. The predicted octanol–water partition coefficient (Wildman–Crippen LogP) is 4.80. The molecule has 3 heterocycles. The summed E-state index contributed by atoms with van der Waals surface area (Å²) in [7, 11) is 0. The average Bonchev–Trinajstić information content (AvgIpc) is 3.57. The van der Waals surface area contributed by atoms with E-state index in [2.05, 4.69) is 9.88 Å². The van der Waals surface area contributed by atoms with Gasteiger partial charge in [-0.25, -0.2) is 19.8 Å². The lowest BCUT2D eigenvalue weighted by atomic mass is 9.98. The molecule has 0 aliphatic carbocycles. The third kappa shape index (κ3) is 6.23. The zero-order valence-electron chi connectivity index (χ0n) is 24.6. The third-order valence-electron chi connectivity index (χ3n) is 7.87. The fourth-order valence-electron chi connectivity index (χ4n) is 5.41. The summed E-state index contributed by atoms with van der Waals surface area (Å²) in [5.74, 6) is -0.498. The van der Waals surface area contributed by atoms with Gasteiger partial charge in [-0.15, -0.1) is 0 Å². The van der Waals surface area contributed by atoms with Gasteiger partial charge >= 0.3 is 0 Å². The van der Waals surface area contributed by atoms with Gasteiger partial charge in [0.25, 0.3) is 5.91 Å². The Bertz CT molecular complexity index is 1980.